The highest BCUT2D eigenvalue weighted by Gasteiger charge is 2.14. The van der Waals surface area contributed by atoms with Gasteiger partial charge in [0.15, 0.2) is 0 Å². The Morgan fingerprint density at radius 1 is 1.05 bits per heavy atom. The van der Waals surface area contributed by atoms with Gasteiger partial charge in [0.2, 0.25) is 0 Å². The van der Waals surface area contributed by atoms with E-state index in [-0.39, 0.29) is 11.6 Å². The topological polar surface area (TPSA) is 46.6 Å². The van der Waals surface area contributed by atoms with E-state index in [0.717, 1.165) is 5.56 Å². The van der Waals surface area contributed by atoms with E-state index < -0.39 is 10.1 Å². The first-order valence-electron chi connectivity index (χ1n) is 6.85. The molecule has 0 amide bonds. The van der Waals surface area contributed by atoms with Gasteiger partial charge in [0.05, 0.1) is 5.75 Å². The van der Waals surface area contributed by atoms with E-state index in [1.54, 1.807) is 49.5 Å². The highest BCUT2D eigenvalue weighted by atomic mass is 32.2. The van der Waals surface area contributed by atoms with Crippen molar-refractivity contribution in [3.8, 4) is 5.75 Å². The second-order valence-corrected chi connectivity index (χ2v) is 6.71. The number of halogens is 1. The number of benzene rings is 2. The fraction of sp³-hybridized carbons (Fsp3) is 0.250. The van der Waals surface area contributed by atoms with Crippen LogP contribution in [0.3, 0.4) is 0 Å². The SMILES string of the molecule is CN(CCS(=O)(=O)Oc1ccccc1)Cc1ccc(F)cc1. The van der Waals surface area contributed by atoms with Gasteiger partial charge in [-0.1, -0.05) is 30.3 Å². The van der Waals surface area contributed by atoms with Crippen LogP contribution in [0.5, 0.6) is 5.75 Å². The summed E-state index contributed by atoms with van der Waals surface area (Å²) in [6.07, 6.45) is 0. The van der Waals surface area contributed by atoms with Crippen LogP contribution in [0.2, 0.25) is 0 Å². The van der Waals surface area contributed by atoms with E-state index in [2.05, 4.69) is 0 Å². The fourth-order valence-corrected chi connectivity index (χ4v) is 2.94. The smallest absolute Gasteiger partial charge is 0.310 e. The van der Waals surface area contributed by atoms with Crippen LogP contribution in [0, 0.1) is 5.82 Å². The maximum atomic E-state index is 12.8. The number of hydrogen-bond donors (Lipinski definition) is 0. The zero-order valence-electron chi connectivity index (χ0n) is 12.3. The maximum absolute atomic E-state index is 12.8. The first-order valence-corrected chi connectivity index (χ1v) is 8.42. The van der Waals surface area contributed by atoms with Crippen LogP contribution < -0.4 is 4.18 Å². The van der Waals surface area contributed by atoms with Gasteiger partial charge >= 0.3 is 10.1 Å². The lowest BCUT2D eigenvalue weighted by molar-refractivity contribution is 0.342. The van der Waals surface area contributed by atoms with Crippen LogP contribution in [-0.4, -0.2) is 32.7 Å². The van der Waals surface area contributed by atoms with Gasteiger partial charge in [-0.2, -0.15) is 8.42 Å². The minimum absolute atomic E-state index is 0.112. The number of para-hydroxylation sites is 1. The van der Waals surface area contributed by atoms with Gasteiger partial charge in [0.1, 0.15) is 11.6 Å². The van der Waals surface area contributed by atoms with E-state index in [1.165, 1.54) is 12.1 Å². The standard InChI is InChI=1S/C16H18FNO3S/c1-18(13-14-7-9-15(17)10-8-14)11-12-22(19,20)21-16-5-3-2-4-6-16/h2-10H,11-13H2,1H3. The van der Waals surface area contributed by atoms with Gasteiger partial charge in [0, 0.05) is 13.1 Å². The molecule has 0 saturated heterocycles. The zero-order valence-corrected chi connectivity index (χ0v) is 13.1. The molecule has 0 heterocycles. The molecule has 0 bridgehead atoms. The Kier molecular flexibility index (Phi) is 5.51. The highest BCUT2D eigenvalue weighted by Crippen LogP contribution is 2.12. The Balaban J connectivity index is 1.84. The van der Waals surface area contributed by atoms with Gasteiger partial charge in [-0.25, -0.2) is 4.39 Å². The predicted octanol–water partition coefficient (Wildman–Crippen LogP) is 2.67. The molecule has 6 heteroatoms. The van der Waals surface area contributed by atoms with E-state index in [4.69, 9.17) is 4.18 Å². The van der Waals surface area contributed by atoms with Crippen LogP contribution >= 0.6 is 0 Å². The molecule has 0 aliphatic carbocycles. The molecule has 0 radical (unpaired) electrons. The van der Waals surface area contributed by atoms with Crippen molar-refractivity contribution in [3.63, 3.8) is 0 Å². The molecule has 0 saturated carbocycles. The third kappa shape index (κ3) is 5.46. The summed E-state index contributed by atoms with van der Waals surface area (Å²) in [5.41, 5.74) is 0.922. The molecule has 118 valence electrons. The van der Waals surface area contributed by atoms with Crippen molar-refractivity contribution in [3.05, 3.63) is 66.0 Å². The summed E-state index contributed by atoms with van der Waals surface area (Å²) in [6.45, 7) is 0.869. The molecular weight excluding hydrogens is 305 g/mol. The summed E-state index contributed by atoms with van der Waals surface area (Å²) in [6, 6.07) is 14.5. The van der Waals surface area contributed by atoms with Gasteiger partial charge < -0.3 is 9.08 Å². The van der Waals surface area contributed by atoms with E-state index >= 15 is 0 Å². The molecule has 2 aromatic carbocycles. The van der Waals surface area contributed by atoms with Gasteiger partial charge in [0.25, 0.3) is 0 Å². The molecular formula is C16H18FNO3S. The lowest BCUT2D eigenvalue weighted by atomic mass is 10.2. The molecule has 2 aromatic rings. The molecule has 0 atom stereocenters. The van der Waals surface area contributed by atoms with Crippen molar-refractivity contribution in [1.82, 2.24) is 4.90 Å². The van der Waals surface area contributed by atoms with Crippen LogP contribution in [0.25, 0.3) is 0 Å². The number of hydrogen-bond acceptors (Lipinski definition) is 4. The normalized spacial score (nSPS) is 11.6. The van der Waals surface area contributed by atoms with Crippen LogP contribution in [0.1, 0.15) is 5.56 Å². The quantitative estimate of drug-likeness (QED) is 0.735. The summed E-state index contributed by atoms with van der Waals surface area (Å²) in [4.78, 5) is 1.85. The minimum Gasteiger partial charge on any atom is -0.382 e. The van der Waals surface area contributed by atoms with Crippen molar-refractivity contribution in [2.24, 2.45) is 0 Å². The fourth-order valence-electron chi connectivity index (χ4n) is 1.91. The molecule has 0 aliphatic rings. The summed E-state index contributed by atoms with van der Waals surface area (Å²) >= 11 is 0. The Labute approximate surface area is 130 Å². The van der Waals surface area contributed by atoms with Crippen LogP contribution in [0.15, 0.2) is 54.6 Å². The van der Waals surface area contributed by atoms with E-state index in [0.29, 0.717) is 18.8 Å². The second-order valence-electron chi connectivity index (χ2n) is 5.02. The average molecular weight is 323 g/mol. The molecule has 0 aliphatic heterocycles. The first kappa shape index (κ1) is 16.5. The Bertz CT molecular complexity index is 687. The molecule has 0 spiro atoms. The molecule has 4 nitrogen and oxygen atoms in total. The maximum Gasteiger partial charge on any atom is 0.310 e. The molecule has 0 aromatic heterocycles. The van der Waals surface area contributed by atoms with Gasteiger partial charge in [-0.15, -0.1) is 0 Å². The molecule has 0 N–H and O–H groups in total. The van der Waals surface area contributed by atoms with Crippen LogP contribution in [0.4, 0.5) is 4.39 Å². The minimum atomic E-state index is -3.63. The average Bonchev–Trinajstić information content (AvgIpc) is 2.48. The van der Waals surface area contributed by atoms with Crippen LogP contribution in [-0.2, 0) is 16.7 Å². The Hall–Kier alpha value is -1.92. The van der Waals surface area contributed by atoms with E-state index in [1.807, 2.05) is 4.90 Å². The molecule has 0 unspecified atom stereocenters. The zero-order chi connectivity index (χ0) is 16.0. The predicted molar refractivity (Wildman–Crippen MR) is 83.6 cm³/mol. The number of nitrogens with zero attached hydrogens (tertiary/aromatic N) is 1. The van der Waals surface area contributed by atoms with Crippen molar-refractivity contribution >= 4 is 10.1 Å². The third-order valence-electron chi connectivity index (χ3n) is 3.06. The first-order chi connectivity index (χ1) is 10.4. The van der Waals surface area contributed by atoms with Gasteiger partial charge in [-0.05, 0) is 36.9 Å². The third-order valence-corrected chi connectivity index (χ3v) is 4.18. The summed E-state index contributed by atoms with van der Waals surface area (Å²) in [5, 5.41) is 0. The van der Waals surface area contributed by atoms with Crippen molar-refractivity contribution in [2.75, 3.05) is 19.3 Å². The largest absolute Gasteiger partial charge is 0.382 e. The number of rotatable bonds is 7. The summed E-state index contributed by atoms with van der Waals surface area (Å²) in [7, 11) is -1.82. The van der Waals surface area contributed by atoms with Crippen molar-refractivity contribution in [2.45, 2.75) is 6.54 Å². The molecule has 22 heavy (non-hydrogen) atoms. The van der Waals surface area contributed by atoms with E-state index in [9.17, 15) is 12.8 Å². The monoisotopic (exact) mass is 323 g/mol. The Morgan fingerprint density at radius 3 is 2.32 bits per heavy atom. The van der Waals surface area contributed by atoms with Crippen molar-refractivity contribution < 1.29 is 17.0 Å². The summed E-state index contributed by atoms with van der Waals surface area (Å²) < 4.78 is 41.6. The highest BCUT2D eigenvalue weighted by molar-refractivity contribution is 7.87. The molecule has 2 rings (SSSR count). The lowest BCUT2D eigenvalue weighted by Gasteiger charge is -2.16. The van der Waals surface area contributed by atoms with Gasteiger partial charge in [-0.3, -0.25) is 0 Å². The summed E-state index contributed by atoms with van der Waals surface area (Å²) in [5.74, 6) is -0.0894. The lowest BCUT2D eigenvalue weighted by Crippen LogP contribution is -2.27. The second kappa shape index (κ2) is 7.38. The Morgan fingerprint density at radius 2 is 1.68 bits per heavy atom. The molecule has 0 fully saturated rings. The van der Waals surface area contributed by atoms with Crippen molar-refractivity contribution in [1.29, 1.82) is 0 Å².